The number of benzene rings is 8. The molecule has 1 aliphatic carbocycles. The molecule has 252 valence electrons. The first-order valence-corrected chi connectivity index (χ1v) is 18.4. The standard InChI is InChI=1S/C51H33N3/c1-52-50(36-31-29-34(30-32-36)33-15-3-2-4-16-33)53-48-41-21-7-9-24-42(41)51(47(48)39-22-13-18-35-17-5-6-19-37(35)39)43-25-10-12-28-46(43)54-45-27-11-8-20-38(45)40-23-14-26-44(51)49(40)54/h2-32H,1H2. The molecule has 0 bridgehead atoms. The average Bonchev–Trinajstić information content (AvgIpc) is 3.73. The summed E-state index contributed by atoms with van der Waals surface area (Å²) in [6, 6.07) is 67.8. The van der Waals surface area contributed by atoms with Crippen LogP contribution in [0.3, 0.4) is 0 Å². The van der Waals surface area contributed by atoms with Crippen LogP contribution in [0.1, 0.15) is 33.4 Å². The highest BCUT2D eigenvalue weighted by Gasteiger charge is 2.53. The number of aromatic nitrogens is 1. The SMILES string of the molecule is C=NC(=NC1=C(c2cccc3ccccc23)C2(c3ccccc31)c1ccccc1-n1c3ccccc3c3cccc2c31)c1ccc(-c2ccccc2)cc1. The molecule has 0 N–H and O–H groups in total. The van der Waals surface area contributed by atoms with E-state index in [0.717, 1.165) is 33.5 Å². The molecule has 0 amide bonds. The van der Waals surface area contributed by atoms with Crippen molar-refractivity contribution in [3.8, 4) is 16.8 Å². The van der Waals surface area contributed by atoms with Gasteiger partial charge in [0.25, 0.3) is 0 Å². The number of rotatable bonds is 4. The fourth-order valence-corrected chi connectivity index (χ4v) is 9.35. The lowest BCUT2D eigenvalue weighted by Gasteiger charge is -2.41. The second-order valence-electron chi connectivity index (χ2n) is 14.2. The van der Waals surface area contributed by atoms with E-state index in [1.54, 1.807) is 0 Å². The monoisotopic (exact) mass is 687 g/mol. The molecule has 0 saturated heterocycles. The molecule has 54 heavy (non-hydrogen) atoms. The van der Waals surface area contributed by atoms with Crippen molar-refractivity contribution in [1.82, 2.24) is 4.57 Å². The molecule has 3 nitrogen and oxygen atoms in total. The summed E-state index contributed by atoms with van der Waals surface area (Å²) in [5.74, 6) is 0.589. The van der Waals surface area contributed by atoms with E-state index in [0.29, 0.717) is 5.84 Å². The highest BCUT2D eigenvalue weighted by atomic mass is 15.0. The minimum Gasteiger partial charge on any atom is -0.309 e. The molecule has 1 spiro atoms. The Bertz CT molecular complexity index is 3050. The predicted molar refractivity (Wildman–Crippen MR) is 226 cm³/mol. The fraction of sp³-hybridized carbons (Fsp3) is 0.0196. The molecule has 0 radical (unpaired) electrons. The first-order chi connectivity index (χ1) is 26.8. The Morgan fingerprint density at radius 2 is 1.09 bits per heavy atom. The van der Waals surface area contributed by atoms with Crippen LogP contribution in [0, 0.1) is 0 Å². The zero-order valence-corrected chi connectivity index (χ0v) is 29.4. The summed E-state index contributed by atoms with van der Waals surface area (Å²) < 4.78 is 2.48. The molecule has 1 aromatic heterocycles. The lowest BCUT2D eigenvalue weighted by molar-refractivity contribution is 0.790. The molecule has 1 unspecified atom stereocenters. The normalized spacial score (nSPS) is 16.0. The summed E-state index contributed by atoms with van der Waals surface area (Å²) in [7, 11) is 0. The molecule has 0 saturated carbocycles. The number of hydrogen-bond acceptors (Lipinski definition) is 1. The maximum Gasteiger partial charge on any atom is 0.159 e. The molecule has 1 aliphatic heterocycles. The van der Waals surface area contributed by atoms with Gasteiger partial charge in [0, 0.05) is 27.5 Å². The maximum atomic E-state index is 5.62. The van der Waals surface area contributed by atoms with Crippen LogP contribution >= 0.6 is 0 Å². The Kier molecular flexibility index (Phi) is 6.62. The number of hydrogen-bond donors (Lipinski definition) is 0. The van der Waals surface area contributed by atoms with Crippen LogP contribution in [-0.4, -0.2) is 17.1 Å². The largest absolute Gasteiger partial charge is 0.309 e. The number of allylic oxidation sites excluding steroid dienone is 1. The Labute approximate surface area is 313 Å². The predicted octanol–water partition coefficient (Wildman–Crippen LogP) is 12.3. The molecule has 3 heteroatoms. The summed E-state index contributed by atoms with van der Waals surface area (Å²) in [5, 5.41) is 4.87. The first kappa shape index (κ1) is 30.5. The highest BCUT2D eigenvalue weighted by Crippen LogP contribution is 2.63. The van der Waals surface area contributed by atoms with Crippen LogP contribution in [0.25, 0.3) is 60.7 Å². The van der Waals surface area contributed by atoms with E-state index in [4.69, 9.17) is 4.99 Å². The Balaban J connectivity index is 1.29. The molecule has 2 heterocycles. The van der Waals surface area contributed by atoms with Crippen LogP contribution in [0.4, 0.5) is 0 Å². The molecule has 8 aromatic carbocycles. The molecule has 11 rings (SSSR count). The van der Waals surface area contributed by atoms with E-state index < -0.39 is 5.41 Å². The molecular formula is C51H33N3. The van der Waals surface area contributed by atoms with Gasteiger partial charge in [0.05, 0.1) is 27.8 Å². The minimum absolute atomic E-state index is 0.589. The van der Waals surface area contributed by atoms with Crippen molar-refractivity contribution in [2.45, 2.75) is 5.41 Å². The third-order valence-corrected chi connectivity index (χ3v) is 11.5. The second kappa shape index (κ2) is 11.7. The maximum absolute atomic E-state index is 5.62. The molecule has 9 aromatic rings. The van der Waals surface area contributed by atoms with Gasteiger partial charge in [-0.1, -0.05) is 176 Å². The van der Waals surface area contributed by atoms with Crippen LogP contribution in [0.15, 0.2) is 198 Å². The van der Waals surface area contributed by atoms with E-state index in [9.17, 15) is 0 Å². The van der Waals surface area contributed by atoms with Crippen LogP contribution in [0.2, 0.25) is 0 Å². The topological polar surface area (TPSA) is 29.6 Å². The first-order valence-electron chi connectivity index (χ1n) is 18.4. The molecule has 0 fully saturated rings. The van der Waals surface area contributed by atoms with E-state index in [2.05, 4.69) is 198 Å². The third-order valence-electron chi connectivity index (χ3n) is 11.5. The Morgan fingerprint density at radius 1 is 0.481 bits per heavy atom. The molecule has 1 atom stereocenters. The van der Waals surface area contributed by atoms with Gasteiger partial charge >= 0.3 is 0 Å². The van der Waals surface area contributed by atoms with Gasteiger partial charge in [0.1, 0.15) is 0 Å². The number of fused-ring (bicyclic) bond motifs is 10. The van der Waals surface area contributed by atoms with Crippen LogP contribution in [-0.2, 0) is 5.41 Å². The summed E-state index contributed by atoms with van der Waals surface area (Å²) in [5.41, 5.74) is 14.2. The van der Waals surface area contributed by atoms with E-state index >= 15 is 0 Å². The van der Waals surface area contributed by atoms with Gasteiger partial charge in [0.15, 0.2) is 5.84 Å². The summed E-state index contributed by atoms with van der Waals surface area (Å²) >= 11 is 0. The summed E-state index contributed by atoms with van der Waals surface area (Å²) in [4.78, 5) is 10.2. The third kappa shape index (κ3) is 4.12. The van der Waals surface area contributed by atoms with Crippen LogP contribution in [0.5, 0.6) is 0 Å². The highest BCUT2D eigenvalue weighted by molar-refractivity contribution is 6.19. The summed E-state index contributed by atoms with van der Waals surface area (Å²) in [6.07, 6.45) is 0. The van der Waals surface area contributed by atoms with Crippen molar-refractivity contribution < 1.29 is 0 Å². The van der Waals surface area contributed by atoms with Gasteiger partial charge in [-0.15, -0.1) is 0 Å². The zero-order valence-electron chi connectivity index (χ0n) is 29.4. The number of aliphatic imine (C=N–C) groups is 2. The van der Waals surface area contributed by atoms with Gasteiger partial charge in [-0.2, -0.15) is 0 Å². The van der Waals surface area contributed by atoms with Crippen molar-refractivity contribution >= 4 is 56.4 Å². The lowest BCUT2D eigenvalue weighted by Crippen LogP contribution is -2.34. The van der Waals surface area contributed by atoms with Gasteiger partial charge < -0.3 is 4.57 Å². The molecule has 2 aliphatic rings. The minimum atomic E-state index is -0.691. The van der Waals surface area contributed by atoms with E-state index in [-0.39, 0.29) is 0 Å². The fourth-order valence-electron chi connectivity index (χ4n) is 9.35. The van der Waals surface area contributed by atoms with Crippen LogP contribution < -0.4 is 0 Å². The van der Waals surface area contributed by atoms with Gasteiger partial charge in [0.2, 0.25) is 0 Å². The van der Waals surface area contributed by atoms with Crippen molar-refractivity contribution in [2.75, 3.05) is 0 Å². The summed E-state index contributed by atoms with van der Waals surface area (Å²) in [6.45, 7) is 4.08. The number of amidine groups is 1. The van der Waals surface area contributed by atoms with Crippen molar-refractivity contribution in [2.24, 2.45) is 9.98 Å². The van der Waals surface area contributed by atoms with Gasteiger partial charge in [-0.05, 0) is 63.0 Å². The smallest absolute Gasteiger partial charge is 0.159 e. The Hall–Kier alpha value is -7.10. The quantitative estimate of drug-likeness (QED) is 0.130. The van der Waals surface area contributed by atoms with E-state index in [1.165, 1.54) is 60.5 Å². The number of para-hydroxylation sites is 3. The number of nitrogens with zero attached hydrogens (tertiary/aromatic N) is 3. The van der Waals surface area contributed by atoms with Gasteiger partial charge in [-0.3, -0.25) is 0 Å². The van der Waals surface area contributed by atoms with E-state index in [1.807, 2.05) is 6.07 Å². The van der Waals surface area contributed by atoms with Gasteiger partial charge in [-0.25, -0.2) is 9.98 Å². The molecular weight excluding hydrogens is 655 g/mol. The lowest BCUT2D eigenvalue weighted by atomic mass is 9.63. The van der Waals surface area contributed by atoms with Crippen molar-refractivity contribution in [3.63, 3.8) is 0 Å². The Morgan fingerprint density at radius 3 is 1.94 bits per heavy atom. The zero-order chi connectivity index (χ0) is 35.8. The average molecular weight is 688 g/mol. The van der Waals surface area contributed by atoms with Crippen molar-refractivity contribution in [3.05, 3.63) is 221 Å². The second-order valence-corrected chi connectivity index (χ2v) is 14.2. The van der Waals surface area contributed by atoms with Crippen molar-refractivity contribution in [1.29, 1.82) is 0 Å².